The Morgan fingerprint density at radius 1 is 1.30 bits per heavy atom. The van der Waals surface area contributed by atoms with Crippen molar-refractivity contribution >= 4 is 5.57 Å². The van der Waals surface area contributed by atoms with Crippen LogP contribution in [0.15, 0.2) is 40.5 Å². The van der Waals surface area contributed by atoms with Gasteiger partial charge in [-0.3, -0.25) is 4.90 Å². The van der Waals surface area contributed by atoms with E-state index in [1.807, 2.05) is 18.1 Å². The van der Waals surface area contributed by atoms with Gasteiger partial charge in [0, 0.05) is 49.1 Å². The van der Waals surface area contributed by atoms with Crippen molar-refractivity contribution in [1.82, 2.24) is 15.1 Å². The lowest BCUT2D eigenvalue weighted by atomic mass is 10.0. The van der Waals surface area contributed by atoms with Gasteiger partial charge in [-0.15, -0.1) is 5.11 Å². The van der Waals surface area contributed by atoms with E-state index in [0.29, 0.717) is 35.5 Å². The monoisotopic (exact) mass is 419 g/mol. The highest BCUT2D eigenvalue weighted by molar-refractivity contribution is 5.76. The van der Waals surface area contributed by atoms with Crippen molar-refractivity contribution in [1.29, 1.82) is 0 Å². The summed E-state index contributed by atoms with van der Waals surface area (Å²) < 4.78 is 26.2. The van der Waals surface area contributed by atoms with Crippen molar-refractivity contribution < 1.29 is 19.0 Å². The van der Waals surface area contributed by atoms with Gasteiger partial charge in [-0.1, -0.05) is 12.1 Å². The molecular formula is C21H27F2N5O2. The number of aliphatic hydroxyl groups is 1. The number of nitrogens with zero attached hydrogens (tertiary/aromatic N) is 4. The number of aromatic hydroxyl groups is 1. The minimum absolute atomic E-state index is 0.0135. The zero-order chi connectivity index (χ0) is 21.3. The highest BCUT2D eigenvalue weighted by Gasteiger charge is 2.29. The number of piperidine rings is 1. The molecule has 4 rings (SSSR count). The van der Waals surface area contributed by atoms with Crippen LogP contribution in [-0.2, 0) is 6.42 Å². The summed E-state index contributed by atoms with van der Waals surface area (Å²) >= 11 is 0. The van der Waals surface area contributed by atoms with Gasteiger partial charge in [0.25, 0.3) is 6.08 Å². The van der Waals surface area contributed by atoms with E-state index in [2.05, 4.69) is 20.4 Å². The minimum Gasteiger partial charge on any atom is -0.507 e. The van der Waals surface area contributed by atoms with Crippen LogP contribution in [0.4, 0.5) is 8.78 Å². The van der Waals surface area contributed by atoms with E-state index in [1.165, 1.54) is 0 Å². The Morgan fingerprint density at radius 3 is 2.87 bits per heavy atom. The summed E-state index contributed by atoms with van der Waals surface area (Å²) in [4.78, 5) is 4.08. The van der Waals surface area contributed by atoms with Crippen LogP contribution in [0.1, 0.15) is 42.1 Å². The van der Waals surface area contributed by atoms with E-state index in [-0.39, 0.29) is 30.4 Å². The van der Waals surface area contributed by atoms with E-state index in [4.69, 9.17) is 5.11 Å². The number of rotatable bonds is 5. The molecule has 2 heterocycles. The Kier molecular flexibility index (Phi) is 6.01. The van der Waals surface area contributed by atoms with E-state index >= 15 is 0 Å². The van der Waals surface area contributed by atoms with Gasteiger partial charge in [0.2, 0.25) is 0 Å². The molecule has 1 saturated heterocycles. The topological polar surface area (TPSA) is 83.7 Å². The van der Waals surface area contributed by atoms with Gasteiger partial charge in [0.05, 0.1) is 6.61 Å². The lowest BCUT2D eigenvalue weighted by Crippen LogP contribution is -2.46. The number of hydrogen-bond donors (Lipinski definition) is 3. The molecule has 0 bridgehead atoms. The Morgan fingerprint density at radius 2 is 2.13 bits per heavy atom. The fourth-order valence-electron chi connectivity index (χ4n) is 4.54. The number of phenolic OH excluding ortho intramolecular Hbond substituents is 1. The molecule has 2 aliphatic heterocycles. The second-order valence-electron chi connectivity index (χ2n) is 8.05. The normalized spacial score (nSPS) is 24.1. The molecule has 0 radical (unpaired) electrons. The average Bonchev–Trinajstić information content (AvgIpc) is 3.15. The highest BCUT2D eigenvalue weighted by atomic mass is 19.3. The molecule has 7 nitrogen and oxygen atoms in total. The van der Waals surface area contributed by atoms with Crippen LogP contribution in [0, 0.1) is 0 Å². The van der Waals surface area contributed by atoms with Gasteiger partial charge in [0.1, 0.15) is 5.75 Å². The summed E-state index contributed by atoms with van der Waals surface area (Å²) in [6, 6.07) is 3.53. The standard InChI is InChI=1S/C21H27F2N5O2/c1-27-12-18(24-13-3-2-8-28(11-13)9-10-29)25-26-21(27)17-7-4-14-15(19(17)30)5-6-16(14)20(22)23/h4,7,12-13,21,24,29-30H,2-3,5-6,8-11H2,1H3/t13?,21-/m0/s1. The predicted octanol–water partition coefficient (Wildman–Crippen LogP) is 3.19. The molecule has 2 atom stereocenters. The van der Waals surface area contributed by atoms with Crippen LogP contribution in [0.25, 0.3) is 5.57 Å². The molecule has 1 aromatic carbocycles. The van der Waals surface area contributed by atoms with Gasteiger partial charge < -0.3 is 20.4 Å². The Balaban J connectivity index is 1.47. The molecule has 0 saturated carbocycles. The van der Waals surface area contributed by atoms with E-state index < -0.39 is 12.2 Å². The first-order valence-electron chi connectivity index (χ1n) is 10.3. The van der Waals surface area contributed by atoms with E-state index in [9.17, 15) is 13.9 Å². The molecule has 0 amide bonds. The van der Waals surface area contributed by atoms with Crippen molar-refractivity contribution in [2.45, 2.75) is 37.9 Å². The quantitative estimate of drug-likeness (QED) is 0.683. The predicted molar refractivity (Wildman–Crippen MR) is 109 cm³/mol. The summed E-state index contributed by atoms with van der Waals surface area (Å²) in [5, 5.41) is 32.0. The molecule has 3 N–H and O–H groups in total. The smallest absolute Gasteiger partial charge is 0.274 e. The number of halogens is 2. The minimum atomic E-state index is -1.69. The fraction of sp³-hybridized carbons (Fsp3) is 0.524. The molecule has 1 aromatic rings. The fourth-order valence-corrected chi connectivity index (χ4v) is 4.54. The first-order valence-corrected chi connectivity index (χ1v) is 10.3. The second-order valence-corrected chi connectivity index (χ2v) is 8.05. The maximum atomic E-state index is 13.1. The molecule has 1 unspecified atom stereocenters. The third kappa shape index (κ3) is 4.04. The molecule has 162 valence electrons. The first-order chi connectivity index (χ1) is 14.5. The summed E-state index contributed by atoms with van der Waals surface area (Å²) in [7, 11) is 1.85. The number of phenols is 1. The van der Waals surface area contributed by atoms with Gasteiger partial charge in [-0.2, -0.15) is 13.9 Å². The SMILES string of the molecule is CN1C=C(NC2CCCN(CCO)C2)N=N[C@@H]1c1ccc2c(c1O)CCC2=C(F)F. The van der Waals surface area contributed by atoms with Crippen molar-refractivity contribution in [3.63, 3.8) is 0 Å². The van der Waals surface area contributed by atoms with Crippen LogP contribution in [0.2, 0.25) is 0 Å². The van der Waals surface area contributed by atoms with Gasteiger partial charge in [-0.05, 0) is 37.8 Å². The van der Waals surface area contributed by atoms with Crippen molar-refractivity contribution in [3.05, 3.63) is 46.9 Å². The van der Waals surface area contributed by atoms with Gasteiger partial charge in [-0.25, -0.2) is 0 Å². The number of nitrogens with one attached hydrogen (secondary N) is 1. The largest absolute Gasteiger partial charge is 0.507 e. The average molecular weight is 419 g/mol. The van der Waals surface area contributed by atoms with E-state index in [1.54, 1.807) is 12.1 Å². The Hall–Kier alpha value is -2.52. The number of aliphatic hydroxyl groups excluding tert-OH is 1. The molecule has 3 aliphatic rings. The van der Waals surface area contributed by atoms with Crippen LogP contribution in [-0.4, -0.2) is 59.3 Å². The Bertz CT molecular complexity index is 896. The maximum absolute atomic E-state index is 13.1. The molecule has 9 heteroatoms. The number of azo groups is 1. The van der Waals surface area contributed by atoms with Crippen LogP contribution < -0.4 is 5.32 Å². The lowest BCUT2D eigenvalue weighted by molar-refractivity contribution is 0.154. The summed E-state index contributed by atoms with van der Waals surface area (Å²) in [6.45, 7) is 2.65. The lowest BCUT2D eigenvalue weighted by Gasteiger charge is -2.34. The van der Waals surface area contributed by atoms with E-state index in [0.717, 1.165) is 25.9 Å². The van der Waals surface area contributed by atoms with Crippen molar-refractivity contribution in [3.8, 4) is 5.75 Å². The van der Waals surface area contributed by atoms with Gasteiger partial charge >= 0.3 is 0 Å². The molecule has 0 aromatic heterocycles. The Labute approximate surface area is 174 Å². The number of β-amino-alcohol motifs (C(OH)–C–C–N with tert-alkyl or cyclic N) is 1. The number of likely N-dealkylation sites (tertiary alicyclic amines) is 1. The summed E-state index contributed by atoms with van der Waals surface area (Å²) in [5.74, 6) is 0.672. The third-order valence-electron chi connectivity index (χ3n) is 6.03. The maximum Gasteiger partial charge on any atom is 0.274 e. The van der Waals surface area contributed by atoms with Crippen molar-refractivity contribution in [2.24, 2.45) is 10.2 Å². The molecule has 0 spiro atoms. The molecule has 1 aliphatic carbocycles. The zero-order valence-electron chi connectivity index (χ0n) is 17.0. The zero-order valence-corrected chi connectivity index (χ0v) is 17.0. The van der Waals surface area contributed by atoms with Crippen LogP contribution in [0.3, 0.4) is 0 Å². The molecule has 1 fully saturated rings. The van der Waals surface area contributed by atoms with Gasteiger partial charge in [0.15, 0.2) is 12.0 Å². The molecule has 30 heavy (non-hydrogen) atoms. The summed E-state index contributed by atoms with van der Waals surface area (Å²) in [5.41, 5.74) is 1.55. The van der Waals surface area contributed by atoms with Crippen molar-refractivity contribution in [2.75, 3.05) is 33.3 Å². The third-order valence-corrected chi connectivity index (χ3v) is 6.03. The van der Waals surface area contributed by atoms with Crippen LogP contribution in [0.5, 0.6) is 5.75 Å². The first kappa shape index (κ1) is 20.7. The second kappa shape index (κ2) is 8.69. The van der Waals surface area contributed by atoms with Crippen LogP contribution >= 0.6 is 0 Å². The molecular weight excluding hydrogens is 392 g/mol. The number of allylic oxidation sites excluding steroid dienone is 1. The number of hydrogen-bond acceptors (Lipinski definition) is 7. The highest BCUT2D eigenvalue weighted by Crippen LogP contribution is 2.44. The number of fused-ring (bicyclic) bond motifs is 1. The number of benzene rings is 1. The summed E-state index contributed by atoms with van der Waals surface area (Å²) in [6.07, 6.45) is 2.36.